The third-order valence-corrected chi connectivity index (χ3v) is 12.9. The number of benzene rings is 10. The fraction of sp³-hybridized carbons (Fsp3) is 0.0175. The highest BCUT2D eigenvalue weighted by molar-refractivity contribution is 6.19. The third-order valence-electron chi connectivity index (χ3n) is 12.9. The summed E-state index contributed by atoms with van der Waals surface area (Å²) in [5.41, 5.74) is 15.3. The van der Waals surface area contributed by atoms with Crippen LogP contribution in [0, 0.1) is 0 Å². The zero-order chi connectivity index (χ0) is 38.7. The van der Waals surface area contributed by atoms with E-state index in [4.69, 9.17) is 8.83 Å². The van der Waals surface area contributed by atoms with Gasteiger partial charge in [0.1, 0.15) is 22.3 Å². The Morgan fingerprint density at radius 1 is 0.305 bits per heavy atom. The Morgan fingerprint density at radius 2 is 0.932 bits per heavy atom. The van der Waals surface area contributed by atoms with Crippen molar-refractivity contribution in [3.8, 4) is 33.4 Å². The molecule has 1 aliphatic carbocycles. The molecule has 2 heteroatoms. The topological polar surface area (TPSA) is 26.3 Å². The number of hydrogen-bond acceptors (Lipinski definition) is 2. The highest BCUT2D eigenvalue weighted by Gasteiger charge is 2.46. The lowest BCUT2D eigenvalue weighted by Gasteiger charge is -2.34. The Morgan fingerprint density at radius 3 is 1.78 bits per heavy atom. The molecule has 12 aromatic rings. The van der Waals surface area contributed by atoms with E-state index in [0.717, 1.165) is 54.8 Å². The van der Waals surface area contributed by atoms with Gasteiger partial charge in [0, 0.05) is 26.9 Å². The zero-order valence-electron chi connectivity index (χ0n) is 31.9. The van der Waals surface area contributed by atoms with E-state index in [1.807, 2.05) is 12.1 Å². The summed E-state index contributed by atoms with van der Waals surface area (Å²) in [4.78, 5) is 0. The van der Waals surface area contributed by atoms with Gasteiger partial charge in [0.05, 0.1) is 5.41 Å². The Labute approximate surface area is 340 Å². The minimum Gasteiger partial charge on any atom is -0.456 e. The highest BCUT2D eigenvalue weighted by Crippen LogP contribution is 2.58. The summed E-state index contributed by atoms with van der Waals surface area (Å²) >= 11 is 0. The van der Waals surface area contributed by atoms with Crippen molar-refractivity contribution in [2.24, 2.45) is 0 Å². The van der Waals surface area contributed by atoms with E-state index in [1.54, 1.807) is 0 Å². The fourth-order valence-corrected chi connectivity index (χ4v) is 10.4. The molecule has 59 heavy (non-hydrogen) atoms. The molecule has 1 aliphatic rings. The van der Waals surface area contributed by atoms with E-state index in [0.29, 0.717) is 0 Å². The molecule has 0 amide bonds. The van der Waals surface area contributed by atoms with Crippen LogP contribution in [-0.2, 0) is 5.41 Å². The van der Waals surface area contributed by atoms with Crippen LogP contribution in [0.2, 0.25) is 0 Å². The smallest absolute Gasteiger partial charge is 0.143 e. The molecule has 274 valence electrons. The Kier molecular flexibility index (Phi) is 6.68. The average molecular weight is 751 g/mol. The van der Waals surface area contributed by atoms with Gasteiger partial charge in [0.25, 0.3) is 0 Å². The predicted molar refractivity (Wildman–Crippen MR) is 244 cm³/mol. The molecule has 2 aromatic heterocycles. The molecule has 0 bridgehead atoms. The normalized spacial score (nSPS) is 13.2. The van der Waals surface area contributed by atoms with Gasteiger partial charge < -0.3 is 8.83 Å². The minimum absolute atomic E-state index is 0.588. The first kappa shape index (κ1) is 32.4. The first-order valence-corrected chi connectivity index (χ1v) is 20.3. The van der Waals surface area contributed by atoms with Gasteiger partial charge in [-0.15, -0.1) is 0 Å². The Hall–Kier alpha value is -7.68. The Balaban J connectivity index is 1.08. The second-order valence-electron chi connectivity index (χ2n) is 15.9. The molecule has 2 heterocycles. The van der Waals surface area contributed by atoms with Crippen LogP contribution in [0.1, 0.15) is 22.3 Å². The summed E-state index contributed by atoms with van der Waals surface area (Å²) in [5, 5.41) is 9.29. The lowest BCUT2D eigenvalue weighted by Crippen LogP contribution is -2.28. The number of fused-ring (bicyclic) bond motifs is 12. The first-order valence-electron chi connectivity index (χ1n) is 20.3. The van der Waals surface area contributed by atoms with Gasteiger partial charge in [0.2, 0.25) is 0 Å². The van der Waals surface area contributed by atoms with Crippen molar-refractivity contribution < 1.29 is 8.83 Å². The minimum atomic E-state index is -0.588. The molecule has 0 N–H and O–H groups in total. The van der Waals surface area contributed by atoms with Crippen molar-refractivity contribution in [1.82, 2.24) is 0 Å². The van der Waals surface area contributed by atoms with Gasteiger partial charge in [-0.1, -0.05) is 158 Å². The summed E-state index contributed by atoms with van der Waals surface area (Å²) in [5.74, 6) is 0. The van der Waals surface area contributed by atoms with Gasteiger partial charge in [-0.05, 0) is 120 Å². The maximum absolute atomic E-state index is 6.68. The van der Waals surface area contributed by atoms with Crippen LogP contribution in [0.4, 0.5) is 0 Å². The SMILES string of the molecule is c1ccc(C2(c3ccccc3)c3cc(-c4cccc5oc6c7ccccc7ccc6c45)ccc3-c3cc4cccc(-c5ccc6c(c5)oc5ccccc56)c4cc32)cc1. The molecule has 0 radical (unpaired) electrons. The van der Waals surface area contributed by atoms with E-state index in [-0.39, 0.29) is 0 Å². The van der Waals surface area contributed by atoms with Gasteiger partial charge in [0.15, 0.2) is 0 Å². The molecular weight excluding hydrogens is 717 g/mol. The van der Waals surface area contributed by atoms with Crippen molar-refractivity contribution in [2.45, 2.75) is 5.41 Å². The number of hydrogen-bond donors (Lipinski definition) is 0. The van der Waals surface area contributed by atoms with Crippen LogP contribution in [0.5, 0.6) is 0 Å². The first-order chi connectivity index (χ1) is 29.2. The lowest BCUT2D eigenvalue weighted by molar-refractivity contribution is 0.669. The molecule has 0 unspecified atom stereocenters. The van der Waals surface area contributed by atoms with E-state index >= 15 is 0 Å². The van der Waals surface area contributed by atoms with Gasteiger partial charge in [-0.2, -0.15) is 0 Å². The summed E-state index contributed by atoms with van der Waals surface area (Å²) in [6.45, 7) is 0. The third kappa shape index (κ3) is 4.51. The van der Waals surface area contributed by atoms with Crippen molar-refractivity contribution in [2.75, 3.05) is 0 Å². The molecule has 0 spiro atoms. The van der Waals surface area contributed by atoms with Crippen LogP contribution in [0.25, 0.3) is 98.8 Å². The maximum Gasteiger partial charge on any atom is 0.143 e. The highest BCUT2D eigenvalue weighted by atomic mass is 16.3. The molecular formula is C57H34O2. The van der Waals surface area contributed by atoms with Gasteiger partial charge in [-0.25, -0.2) is 0 Å². The van der Waals surface area contributed by atoms with Crippen molar-refractivity contribution in [3.63, 3.8) is 0 Å². The number of rotatable bonds is 4. The largest absolute Gasteiger partial charge is 0.456 e. The molecule has 0 aliphatic heterocycles. The molecule has 0 saturated carbocycles. The predicted octanol–water partition coefficient (Wildman–Crippen LogP) is 15.5. The van der Waals surface area contributed by atoms with Crippen LogP contribution < -0.4 is 0 Å². The molecule has 0 fully saturated rings. The number of furan rings is 2. The van der Waals surface area contributed by atoms with Gasteiger partial charge >= 0.3 is 0 Å². The second-order valence-corrected chi connectivity index (χ2v) is 15.9. The summed E-state index contributed by atoms with van der Waals surface area (Å²) in [6.07, 6.45) is 0. The number of para-hydroxylation sites is 1. The van der Waals surface area contributed by atoms with Gasteiger partial charge in [-0.3, -0.25) is 0 Å². The molecule has 0 saturated heterocycles. The van der Waals surface area contributed by atoms with Crippen molar-refractivity contribution in [3.05, 3.63) is 229 Å². The summed E-state index contributed by atoms with van der Waals surface area (Å²) < 4.78 is 13.1. The molecule has 13 rings (SSSR count). The quantitative estimate of drug-likeness (QED) is 0.179. The van der Waals surface area contributed by atoms with Crippen molar-refractivity contribution >= 4 is 65.4 Å². The van der Waals surface area contributed by atoms with E-state index < -0.39 is 5.41 Å². The van der Waals surface area contributed by atoms with E-state index in [9.17, 15) is 0 Å². The monoisotopic (exact) mass is 750 g/mol. The van der Waals surface area contributed by atoms with Crippen LogP contribution >= 0.6 is 0 Å². The van der Waals surface area contributed by atoms with Crippen molar-refractivity contribution in [1.29, 1.82) is 0 Å². The van der Waals surface area contributed by atoms with Crippen LogP contribution in [0.15, 0.2) is 215 Å². The van der Waals surface area contributed by atoms with E-state index in [2.05, 4.69) is 194 Å². The zero-order valence-corrected chi connectivity index (χ0v) is 31.9. The molecule has 0 atom stereocenters. The summed E-state index contributed by atoms with van der Waals surface area (Å²) in [7, 11) is 0. The molecule has 2 nitrogen and oxygen atoms in total. The van der Waals surface area contributed by atoms with Crippen LogP contribution in [0.3, 0.4) is 0 Å². The second kappa shape index (κ2) is 12.2. The van der Waals surface area contributed by atoms with Crippen LogP contribution in [-0.4, -0.2) is 0 Å². The Bertz CT molecular complexity index is 3620. The summed E-state index contributed by atoms with van der Waals surface area (Å²) in [6, 6.07) is 75.3. The fourth-order valence-electron chi connectivity index (χ4n) is 10.4. The lowest BCUT2D eigenvalue weighted by atomic mass is 9.67. The maximum atomic E-state index is 6.68. The standard InChI is InChI=1S/C57H34O2/c1-3-15-39(16-4-1)57(40-17-5-2-6-18-40)50-32-37(42-22-12-24-53-55(42)47-30-25-35-13-7-8-19-43(35)56(47)59-53)26-28-44(50)49-31-36-14-11-21-41(48(36)34-51(49)57)38-27-29-46-45-20-9-10-23-52(45)58-54(46)33-38/h1-34H. The molecule has 10 aromatic carbocycles. The van der Waals surface area contributed by atoms with E-state index in [1.165, 1.54) is 66.2 Å². The average Bonchev–Trinajstić information content (AvgIpc) is 3.96.